The minimum Gasteiger partial charge on any atom is -0.493 e. The molecular weight excluding hydrogens is 270 g/mol. The van der Waals surface area contributed by atoms with Crippen molar-refractivity contribution < 1.29 is 14.3 Å². The number of carbonyl (C=O) groups excluding carboxylic acids is 2. The molecule has 114 valence electrons. The molecule has 0 spiro atoms. The SMILES string of the molecule is NC(=O)C1CCCCN1C(=O)CCOc1ccc(N)cc1. The third-order valence-corrected chi connectivity index (χ3v) is 3.62. The first-order chi connectivity index (χ1) is 10.1. The van der Waals surface area contributed by atoms with Crippen molar-refractivity contribution in [1.29, 1.82) is 0 Å². The van der Waals surface area contributed by atoms with Crippen LogP contribution < -0.4 is 16.2 Å². The first-order valence-electron chi connectivity index (χ1n) is 7.15. The van der Waals surface area contributed by atoms with Crippen LogP contribution in [-0.4, -0.2) is 35.9 Å². The third-order valence-electron chi connectivity index (χ3n) is 3.62. The standard InChI is InChI=1S/C15H21N3O3/c16-11-4-6-12(7-5-11)21-10-8-14(19)18-9-2-1-3-13(18)15(17)20/h4-7,13H,1-3,8-10,16H2,(H2,17,20). The van der Waals surface area contributed by atoms with Crippen molar-refractivity contribution in [2.75, 3.05) is 18.9 Å². The van der Waals surface area contributed by atoms with E-state index in [1.807, 2.05) is 0 Å². The summed E-state index contributed by atoms with van der Waals surface area (Å²) in [6.07, 6.45) is 2.72. The Morgan fingerprint density at radius 2 is 1.95 bits per heavy atom. The fourth-order valence-corrected chi connectivity index (χ4v) is 2.49. The van der Waals surface area contributed by atoms with Crippen LogP contribution in [0.15, 0.2) is 24.3 Å². The minimum atomic E-state index is -0.470. The lowest BCUT2D eigenvalue weighted by Gasteiger charge is -2.33. The fraction of sp³-hybridized carbons (Fsp3) is 0.467. The van der Waals surface area contributed by atoms with Gasteiger partial charge in [-0.2, -0.15) is 0 Å². The summed E-state index contributed by atoms with van der Waals surface area (Å²) in [5, 5.41) is 0. The molecule has 1 atom stereocenters. The largest absolute Gasteiger partial charge is 0.493 e. The average molecular weight is 291 g/mol. The van der Waals surface area contributed by atoms with Gasteiger partial charge in [-0.25, -0.2) is 0 Å². The van der Waals surface area contributed by atoms with Crippen molar-refractivity contribution in [1.82, 2.24) is 4.90 Å². The number of hydrogen-bond donors (Lipinski definition) is 2. The fourth-order valence-electron chi connectivity index (χ4n) is 2.49. The molecule has 0 aromatic heterocycles. The van der Waals surface area contributed by atoms with Crippen LogP contribution in [0.5, 0.6) is 5.75 Å². The second kappa shape index (κ2) is 6.97. The maximum absolute atomic E-state index is 12.2. The molecule has 0 bridgehead atoms. The van der Waals surface area contributed by atoms with Gasteiger partial charge in [0.2, 0.25) is 11.8 Å². The van der Waals surface area contributed by atoms with Gasteiger partial charge in [0.15, 0.2) is 0 Å². The molecule has 21 heavy (non-hydrogen) atoms. The van der Waals surface area contributed by atoms with Gasteiger partial charge in [-0.1, -0.05) is 0 Å². The number of benzene rings is 1. The highest BCUT2D eigenvalue weighted by Crippen LogP contribution is 2.18. The third kappa shape index (κ3) is 4.11. The maximum Gasteiger partial charge on any atom is 0.240 e. The summed E-state index contributed by atoms with van der Waals surface area (Å²) in [6, 6.07) is 6.53. The molecule has 1 fully saturated rings. The zero-order valence-electron chi connectivity index (χ0n) is 12.0. The molecule has 6 nitrogen and oxygen atoms in total. The molecule has 1 unspecified atom stereocenters. The van der Waals surface area contributed by atoms with Gasteiger partial charge < -0.3 is 21.1 Å². The zero-order chi connectivity index (χ0) is 15.2. The Morgan fingerprint density at radius 3 is 2.62 bits per heavy atom. The molecule has 0 aliphatic carbocycles. The van der Waals surface area contributed by atoms with Crippen molar-refractivity contribution in [3.8, 4) is 5.75 Å². The molecule has 6 heteroatoms. The number of anilines is 1. The molecule has 1 saturated heterocycles. The summed E-state index contributed by atoms with van der Waals surface area (Å²) in [5.74, 6) is 0.151. The summed E-state index contributed by atoms with van der Waals surface area (Å²) in [7, 11) is 0. The lowest BCUT2D eigenvalue weighted by Crippen LogP contribution is -2.50. The highest BCUT2D eigenvalue weighted by Gasteiger charge is 2.30. The number of primary amides is 1. The van der Waals surface area contributed by atoms with Gasteiger partial charge in [-0.3, -0.25) is 9.59 Å². The number of hydrogen-bond acceptors (Lipinski definition) is 4. The predicted octanol–water partition coefficient (Wildman–Crippen LogP) is 0.904. The number of nitrogen functional groups attached to an aromatic ring is 1. The van der Waals surface area contributed by atoms with E-state index in [0.29, 0.717) is 24.4 Å². The van der Waals surface area contributed by atoms with E-state index >= 15 is 0 Å². The number of likely N-dealkylation sites (tertiary alicyclic amines) is 1. The van der Waals surface area contributed by atoms with E-state index in [0.717, 1.165) is 12.8 Å². The van der Waals surface area contributed by atoms with Gasteiger partial charge in [-0.05, 0) is 43.5 Å². The summed E-state index contributed by atoms with van der Waals surface area (Å²) in [4.78, 5) is 25.1. The van der Waals surface area contributed by atoms with Gasteiger partial charge in [0, 0.05) is 12.2 Å². The zero-order valence-corrected chi connectivity index (χ0v) is 12.0. The molecule has 0 radical (unpaired) electrons. The summed E-state index contributed by atoms with van der Waals surface area (Å²) >= 11 is 0. The molecule has 1 aromatic rings. The van der Waals surface area contributed by atoms with Crippen molar-refractivity contribution in [3.05, 3.63) is 24.3 Å². The van der Waals surface area contributed by atoms with Crippen molar-refractivity contribution >= 4 is 17.5 Å². The number of piperidine rings is 1. The molecule has 1 heterocycles. The van der Waals surface area contributed by atoms with E-state index in [1.165, 1.54) is 0 Å². The number of ether oxygens (including phenoxy) is 1. The lowest BCUT2D eigenvalue weighted by molar-refractivity contribution is -0.141. The molecule has 2 amide bonds. The Hall–Kier alpha value is -2.24. The van der Waals surface area contributed by atoms with E-state index in [9.17, 15) is 9.59 Å². The van der Waals surface area contributed by atoms with Crippen LogP contribution in [0, 0.1) is 0 Å². The number of nitrogens with zero attached hydrogens (tertiary/aromatic N) is 1. The number of amides is 2. The van der Waals surface area contributed by atoms with Crippen LogP contribution in [-0.2, 0) is 9.59 Å². The quantitative estimate of drug-likeness (QED) is 0.787. The Labute approximate surface area is 124 Å². The Kier molecular flexibility index (Phi) is 5.03. The smallest absolute Gasteiger partial charge is 0.240 e. The summed E-state index contributed by atoms with van der Waals surface area (Å²) < 4.78 is 5.50. The first-order valence-corrected chi connectivity index (χ1v) is 7.15. The second-order valence-corrected chi connectivity index (χ2v) is 5.17. The van der Waals surface area contributed by atoms with Crippen LogP contribution in [0.4, 0.5) is 5.69 Å². The van der Waals surface area contributed by atoms with Crippen molar-refractivity contribution in [2.45, 2.75) is 31.7 Å². The highest BCUT2D eigenvalue weighted by atomic mass is 16.5. The Morgan fingerprint density at radius 1 is 1.24 bits per heavy atom. The van der Waals surface area contributed by atoms with Gasteiger partial charge in [0.1, 0.15) is 11.8 Å². The Bertz CT molecular complexity index is 501. The monoisotopic (exact) mass is 291 g/mol. The van der Waals surface area contributed by atoms with Crippen LogP contribution in [0.1, 0.15) is 25.7 Å². The summed E-state index contributed by atoms with van der Waals surface area (Å²) in [5.41, 5.74) is 11.6. The van der Waals surface area contributed by atoms with Crippen molar-refractivity contribution in [3.63, 3.8) is 0 Å². The molecule has 1 aliphatic rings. The maximum atomic E-state index is 12.2. The topological polar surface area (TPSA) is 98.7 Å². The van der Waals surface area contributed by atoms with Crippen LogP contribution in [0.3, 0.4) is 0 Å². The highest BCUT2D eigenvalue weighted by molar-refractivity contribution is 5.86. The van der Waals surface area contributed by atoms with Crippen LogP contribution >= 0.6 is 0 Å². The van der Waals surface area contributed by atoms with E-state index < -0.39 is 11.9 Å². The molecular formula is C15H21N3O3. The van der Waals surface area contributed by atoms with Gasteiger partial charge in [-0.15, -0.1) is 0 Å². The van der Waals surface area contributed by atoms with E-state index in [-0.39, 0.29) is 18.9 Å². The van der Waals surface area contributed by atoms with Crippen LogP contribution in [0.2, 0.25) is 0 Å². The minimum absolute atomic E-state index is 0.0889. The van der Waals surface area contributed by atoms with E-state index in [4.69, 9.17) is 16.2 Å². The number of rotatable bonds is 5. The molecule has 1 aliphatic heterocycles. The first kappa shape index (κ1) is 15.2. The normalized spacial score (nSPS) is 18.3. The Balaban J connectivity index is 1.83. The molecule has 0 saturated carbocycles. The molecule has 1 aromatic carbocycles. The van der Waals surface area contributed by atoms with E-state index in [2.05, 4.69) is 0 Å². The predicted molar refractivity (Wildman–Crippen MR) is 79.5 cm³/mol. The lowest BCUT2D eigenvalue weighted by atomic mass is 10.0. The average Bonchev–Trinajstić information content (AvgIpc) is 2.49. The molecule has 2 rings (SSSR count). The van der Waals surface area contributed by atoms with Gasteiger partial charge >= 0.3 is 0 Å². The number of carbonyl (C=O) groups is 2. The summed E-state index contributed by atoms with van der Waals surface area (Å²) in [6.45, 7) is 0.860. The van der Waals surface area contributed by atoms with Gasteiger partial charge in [0.25, 0.3) is 0 Å². The number of nitrogens with two attached hydrogens (primary N) is 2. The second-order valence-electron chi connectivity index (χ2n) is 5.17. The molecule has 4 N–H and O–H groups in total. The van der Waals surface area contributed by atoms with E-state index in [1.54, 1.807) is 29.2 Å². The van der Waals surface area contributed by atoms with Gasteiger partial charge in [0.05, 0.1) is 13.0 Å². The van der Waals surface area contributed by atoms with Crippen molar-refractivity contribution in [2.24, 2.45) is 5.73 Å². The van der Waals surface area contributed by atoms with Crippen LogP contribution in [0.25, 0.3) is 0 Å².